The first-order chi connectivity index (χ1) is 10.1. The zero-order valence-corrected chi connectivity index (χ0v) is 13.0. The Balaban J connectivity index is 1.69. The van der Waals surface area contributed by atoms with E-state index in [1.54, 1.807) is 6.07 Å². The van der Waals surface area contributed by atoms with Crippen LogP contribution in [0.1, 0.15) is 30.0 Å². The first kappa shape index (κ1) is 15.6. The molecule has 0 saturated heterocycles. The largest absolute Gasteiger partial charge is 0.508 e. The van der Waals surface area contributed by atoms with Crippen molar-refractivity contribution in [2.45, 2.75) is 39.2 Å². The van der Waals surface area contributed by atoms with E-state index >= 15 is 0 Å². The maximum absolute atomic E-state index is 9.52. The molecule has 21 heavy (non-hydrogen) atoms. The van der Waals surface area contributed by atoms with Gasteiger partial charge in [-0.3, -0.25) is 0 Å². The third kappa shape index (κ3) is 5.24. The van der Waals surface area contributed by atoms with Gasteiger partial charge in [0, 0.05) is 6.04 Å². The number of aryl methyl sites for hydroxylation is 2. The second-order valence-electron chi connectivity index (χ2n) is 5.75. The molecular formula is C19H25NO. The average molecular weight is 283 g/mol. The minimum absolute atomic E-state index is 0.378. The average Bonchev–Trinajstić information content (AvgIpc) is 2.50. The van der Waals surface area contributed by atoms with Crippen molar-refractivity contribution in [2.24, 2.45) is 0 Å². The minimum atomic E-state index is 0.378. The predicted molar refractivity (Wildman–Crippen MR) is 88.8 cm³/mol. The summed E-state index contributed by atoms with van der Waals surface area (Å²) in [4.78, 5) is 0. The van der Waals surface area contributed by atoms with Gasteiger partial charge >= 0.3 is 0 Å². The van der Waals surface area contributed by atoms with Gasteiger partial charge in [0.15, 0.2) is 0 Å². The van der Waals surface area contributed by atoms with E-state index < -0.39 is 0 Å². The third-order valence-corrected chi connectivity index (χ3v) is 3.88. The van der Waals surface area contributed by atoms with Crippen LogP contribution in [0.5, 0.6) is 5.75 Å². The number of aromatic hydroxyl groups is 1. The smallest absolute Gasteiger partial charge is 0.118 e. The van der Waals surface area contributed by atoms with Gasteiger partial charge in [0.2, 0.25) is 0 Å². The lowest BCUT2D eigenvalue weighted by atomic mass is 10.1. The highest BCUT2D eigenvalue weighted by atomic mass is 16.3. The lowest BCUT2D eigenvalue weighted by Gasteiger charge is -2.14. The van der Waals surface area contributed by atoms with Crippen LogP contribution in [0.25, 0.3) is 0 Å². The monoisotopic (exact) mass is 283 g/mol. The molecule has 0 bridgehead atoms. The molecule has 1 unspecified atom stereocenters. The summed E-state index contributed by atoms with van der Waals surface area (Å²) in [6, 6.07) is 17.0. The standard InChI is InChI=1S/C19H25NO/c1-15-14-18(10-11-19(15)21)12-13-20-16(2)8-9-17-6-4-3-5-7-17/h3-7,10-11,14,16,20-21H,8-9,12-13H2,1-2H3. The maximum atomic E-state index is 9.52. The minimum Gasteiger partial charge on any atom is -0.508 e. The Kier molecular flexibility index (Phi) is 5.82. The van der Waals surface area contributed by atoms with Gasteiger partial charge in [-0.2, -0.15) is 0 Å². The van der Waals surface area contributed by atoms with Gasteiger partial charge in [-0.1, -0.05) is 42.5 Å². The number of hydrogen-bond donors (Lipinski definition) is 2. The van der Waals surface area contributed by atoms with E-state index in [4.69, 9.17) is 0 Å². The van der Waals surface area contributed by atoms with E-state index in [1.807, 2.05) is 13.0 Å². The summed E-state index contributed by atoms with van der Waals surface area (Å²) >= 11 is 0. The van der Waals surface area contributed by atoms with Gasteiger partial charge in [0.05, 0.1) is 0 Å². The molecule has 2 rings (SSSR count). The Morgan fingerprint density at radius 2 is 1.76 bits per heavy atom. The summed E-state index contributed by atoms with van der Waals surface area (Å²) in [5.41, 5.74) is 3.62. The molecule has 112 valence electrons. The quantitative estimate of drug-likeness (QED) is 0.809. The Bertz CT molecular complexity index is 551. The molecule has 0 aliphatic carbocycles. The van der Waals surface area contributed by atoms with Crippen molar-refractivity contribution in [1.29, 1.82) is 0 Å². The van der Waals surface area contributed by atoms with Crippen LogP contribution >= 0.6 is 0 Å². The molecule has 2 nitrogen and oxygen atoms in total. The number of benzene rings is 2. The molecule has 0 amide bonds. The summed E-state index contributed by atoms with van der Waals surface area (Å²) in [5, 5.41) is 13.1. The molecule has 0 radical (unpaired) electrons. The molecular weight excluding hydrogens is 258 g/mol. The number of hydrogen-bond acceptors (Lipinski definition) is 2. The molecule has 0 heterocycles. The van der Waals surface area contributed by atoms with Crippen LogP contribution in [-0.4, -0.2) is 17.7 Å². The van der Waals surface area contributed by atoms with Gasteiger partial charge in [0.25, 0.3) is 0 Å². The van der Waals surface area contributed by atoms with E-state index in [-0.39, 0.29) is 0 Å². The van der Waals surface area contributed by atoms with Crippen molar-refractivity contribution < 1.29 is 5.11 Å². The molecule has 0 aliphatic heterocycles. The molecule has 1 atom stereocenters. The van der Waals surface area contributed by atoms with Gasteiger partial charge < -0.3 is 10.4 Å². The van der Waals surface area contributed by atoms with Gasteiger partial charge in [-0.25, -0.2) is 0 Å². The summed E-state index contributed by atoms with van der Waals surface area (Å²) in [6.45, 7) is 5.15. The van der Waals surface area contributed by atoms with Gasteiger partial charge in [-0.15, -0.1) is 0 Å². The first-order valence-electron chi connectivity index (χ1n) is 7.71. The van der Waals surface area contributed by atoms with Crippen LogP contribution in [0.2, 0.25) is 0 Å². The summed E-state index contributed by atoms with van der Waals surface area (Å²) in [5.74, 6) is 0.378. The Labute approximate surface area is 127 Å². The maximum Gasteiger partial charge on any atom is 0.118 e. The molecule has 2 aromatic carbocycles. The first-order valence-corrected chi connectivity index (χ1v) is 7.71. The van der Waals surface area contributed by atoms with Crippen molar-refractivity contribution in [3.63, 3.8) is 0 Å². The topological polar surface area (TPSA) is 32.3 Å². The van der Waals surface area contributed by atoms with Crippen molar-refractivity contribution in [3.8, 4) is 5.75 Å². The van der Waals surface area contributed by atoms with E-state index in [1.165, 1.54) is 11.1 Å². The Morgan fingerprint density at radius 1 is 1.00 bits per heavy atom. The van der Waals surface area contributed by atoms with Crippen LogP contribution in [0.3, 0.4) is 0 Å². The number of nitrogens with one attached hydrogen (secondary N) is 1. The number of phenolic OH excluding ortho intramolecular Hbond substituents is 1. The second kappa shape index (κ2) is 7.84. The van der Waals surface area contributed by atoms with Gasteiger partial charge in [-0.05, 0) is 62.4 Å². The van der Waals surface area contributed by atoms with E-state index in [0.717, 1.165) is 31.4 Å². The summed E-state index contributed by atoms with van der Waals surface area (Å²) in [7, 11) is 0. The van der Waals surface area contributed by atoms with Crippen LogP contribution in [0.15, 0.2) is 48.5 Å². The van der Waals surface area contributed by atoms with E-state index in [0.29, 0.717) is 11.8 Å². The Hall–Kier alpha value is -1.80. The molecule has 2 heteroatoms. The van der Waals surface area contributed by atoms with Gasteiger partial charge in [0.1, 0.15) is 5.75 Å². The lowest BCUT2D eigenvalue weighted by Crippen LogP contribution is -2.28. The van der Waals surface area contributed by atoms with E-state index in [9.17, 15) is 5.11 Å². The number of phenols is 1. The zero-order valence-electron chi connectivity index (χ0n) is 13.0. The Morgan fingerprint density at radius 3 is 2.48 bits per heavy atom. The second-order valence-corrected chi connectivity index (χ2v) is 5.75. The van der Waals surface area contributed by atoms with Crippen molar-refractivity contribution >= 4 is 0 Å². The summed E-state index contributed by atoms with van der Waals surface area (Å²) in [6.07, 6.45) is 3.27. The molecule has 2 N–H and O–H groups in total. The van der Waals surface area contributed by atoms with Crippen LogP contribution in [0.4, 0.5) is 0 Å². The molecule has 0 aliphatic rings. The molecule has 0 aromatic heterocycles. The highest BCUT2D eigenvalue weighted by molar-refractivity contribution is 5.35. The molecule has 0 fully saturated rings. The van der Waals surface area contributed by atoms with Crippen LogP contribution in [0, 0.1) is 6.92 Å². The summed E-state index contributed by atoms with van der Waals surface area (Å²) < 4.78 is 0. The fourth-order valence-electron chi connectivity index (χ4n) is 2.47. The lowest BCUT2D eigenvalue weighted by molar-refractivity contribution is 0.470. The molecule has 0 saturated carbocycles. The highest BCUT2D eigenvalue weighted by Gasteiger charge is 2.03. The molecule has 2 aromatic rings. The van der Waals surface area contributed by atoms with Crippen molar-refractivity contribution in [1.82, 2.24) is 5.32 Å². The van der Waals surface area contributed by atoms with Crippen LogP contribution in [-0.2, 0) is 12.8 Å². The molecule has 0 spiro atoms. The highest BCUT2D eigenvalue weighted by Crippen LogP contribution is 2.17. The number of rotatable bonds is 7. The van der Waals surface area contributed by atoms with Crippen molar-refractivity contribution in [2.75, 3.05) is 6.54 Å². The fraction of sp³-hybridized carbons (Fsp3) is 0.368. The van der Waals surface area contributed by atoms with Crippen LogP contribution < -0.4 is 5.32 Å². The fourth-order valence-corrected chi connectivity index (χ4v) is 2.47. The SMILES string of the molecule is Cc1cc(CCNC(C)CCc2ccccc2)ccc1O. The predicted octanol–water partition coefficient (Wildman–Crippen LogP) is 3.85. The van der Waals surface area contributed by atoms with E-state index in [2.05, 4.69) is 48.6 Å². The third-order valence-electron chi connectivity index (χ3n) is 3.88. The zero-order chi connectivity index (χ0) is 15.1. The normalized spacial score (nSPS) is 12.3. The van der Waals surface area contributed by atoms with Crippen molar-refractivity contribution in [3.05, 3.63) is 65.2 Å².